The summed E-state index contributed by atoms with van der Waals surface area (Å²) in [4.78, 5) is 25.0. The number of aromatic hydroxyl groups is 1. The van der Waals surface area contributed by atoms with Crippen LogP contribution in [0.3, 0.4) is 0 Å². The largest absolute Gasteiger partial charge is 0.507 e. The van der Waals surface area contributed by atoms with Gasteiger partial charge in [-0.2, -0.15) is 9.78 Å². The van der Waals surface area contributed by atoms with Crippen LogP contribution in [0.4, 0.5) is 5.95 Å². The lowest BCUT2D eigenvalue weighted by molar-refractivity contribution is -0.394. The molecule has 10 heteroatoms. The van der Waals surface area contributed by atoms with E-state index in [0.29, 0.717) is 5.56 Å². The molecule has 3 rings (SSSR count). The highest BCUT2D eigenvalue weighted by Crippen LogP contribution is 2.25. The number of aromatic nitrogens is 3. The van der Waals surface area contributed by atoms with Crippen molar-refractivity contribution in [3.63, 3.8) is 0 Å². The number of hydrazone groups is 1. The van der Waals surface area contributed by atoms with Gasteiger partial charge >= 0.3 is 5.95 Å². The lowest BCUT2D eigenvalue weighted by atomic mass is 10.0. The molecule has 25 heavy (non-hydrogen) atoms. The van der Waals surface area contributed by atoms with Crippen LogP contribution in [0.2, 0.25) is 0 Å². The van der Waals surface area contributed by atoms with Crippen molar-refractivity contribution in [3.8, 4) is 5.75 Å². The molecular weight excluding hydrogens is 328 g/mol. The maximum Gasteiger partial charge on any atom is 0.490 e. The van der Waals surface area contributed by atoms with E-state index in [1.54, 1.807) is 12.1 Å². The molecule has 10 nitrogen and oxygen atoms in total. The number of amides is 1. The van der Waals surface area contributed by atoms with E-state index < -0.39 is 16.8 Å². The average Bonchev–Trinajstić information content (AvgIpc) is 3.05. The zero-order valence-corrected chi connectivity index (χ0v) is 12.7. The van der Waals surface area contributed by atoms with Gasteiger partial charge in [0, 0.05) is 10.7 Å². The Bertz CT molecular complexity index is 981. The maximum absolute atomic E-state index is 11.8. The predicted molar refractivity (Wildman–Crippen MR) is 88.0 cm³/mol. The first-order chi connectivity index (χ1) is 12.0. The Morgan fingerprint density at radius 1 is 1.36 bits per heavy atom. The molecule has 0 spiro atoms. The zero-order valence-electron chi connectivity index (χ0n) is 12.7. The van der Waals surface area contributed by atoms with Crippen molar-refractivity contribution >= 4 is 28.8 Å². The minimum Gasteiger partial charge on any atom is -0.507 e. The summed E-state index contributed by atoms with van der Waals surface area (Å²) in [5.74, 6) is -1.10. The van der Waals surface area contributed by atoms with E-state index in [0.717, 1.165) is 21.8 Å². The van der Waals surface area contributed by atoms with Crippen molar-refractivity contribution < 1.29 is 14.8 Å². The number of carbonyl (C=O) groups is 1. The van der Waals surface area contributed by atoms with Gasteiger partial charge in [0.05, 0.1) is 6.21 Å². The summed E-state index contributed by atoms with van der Waals surface area (Å²) in [7, 11) is 0. The summed E-state index contributed by atoms with van der Waals surface area (Å²) in [6, 6.07) is 10.7. The van der Waals surface area contributed by atoms with Crippen molar-refractivity contribution in [2.75, 3.05) is 0 Å². The van der Waals surface area contributed by atoms with Gasteiger partial charge in [-0.1, -0.05) is 35.3 Å². The standard InChI is InChI=1S/C15H12N6O4/c22-13-6-5-10-3-1-2-4-11(10)12(13)7-17-18-14(23)8-20-9-16-15(19-20)21(24)25/h1-7,9,22H,8H2,(H,18,23)/b17-7-. The summed E-state index contributed by atoms with van der Waals surface area (Å²) in [5.41, 5.74) is 2.74. The molecule has 0 unspecified atom stereocenters. The minimum atomic E-state index is -0.754. The van der Waals surface area contributed by atoms with Gasteiger partial charge in [0.2, 0.25) is 6.33 Å². The molecule has 0 aliphatic carbocycles. The molecule has 0 fully saturated rings. The number of hydrogen-bond acceptors (Lipinski definition) is 7. The number of hydrogen-bond donors (Lipinski definition) is 2. The van der Waals surface area contributed by atoms with Crippen LogP contribution in [0.25, 0.3) is 10.8 Å². The number of phenols is 1. The number of fused-ring (bicyclic) bond motifs is 1. The molecule has 0 bridgehead atoms. The van der Waals surface area contributed by atoms with Gasteiger partial charge < -0.3 is 15.2 Å². The monoisotopic (exact) mass is 340 g/mol. The van der Waals surface area contributed by atoms with E-state index in [9.17, 15) is 20.0 Å². The second-order valence-electron chi connectivity index (χ2n) is 5.01. The zero-order chi connectivity index (χ0) is 17.8. The normalized spacial score (nSPS) is 11.0. The first-order valence-corrected chi connectivity index (χ1v) is 7.11. The van der Waals surface area contributed by atoms with Gasteiger partial charge in [-0.3, -0.25) is 4.79 Å². The predicted octanol–water partition coefficient (Wildman–Crippen LogP) is 1.20. The molecule has 2 N–H and O–H groups in total. The second kappa shape index (κ2) is 6.74. The summed E-state index contributed by atoms with van der Waals surface area (Å²) < 4.78 is 1.03. The highest BCUT2D eigenvalue weighted by atomic mass is 16.6. The van der Waals surface area contributed by atoms with Gasteiger partial charge in [-0.05, 0) is 21.8 Å². The molecule has 1 amide bonds. The van der Waals surface area contributed by atoms with Gasteiger partial charge in [0.1, 0.15) is 12.3 Å². The van der Waals surface area contributed by atoms with Crippen molar-refractivity contribution in [3.05, 3.63) is 58.4 Å². The third kappa shape index (κ3) is 3.58. The molecule has 0 aliphatic rings. The summed E-state index contributed by atoms with van der Waals surface area (Å²) >= 11 is 0. The van der Waals surface area contributed by atoms with Gasteiger partial charge in [0.15, 0.2) is 0 Å². The van der Waals surface area contributed by atoms with E-state index in [1.807, 2.05) is 24.3 Å². The quantitative estimate of drug-likeness (QED) is 0.407. The topological polar surface area (TPSA) is 136 Å². The van der Waals surface area contributed by atoms with E-state index in [-0.39, 0.29) is 12.3 Å². The molecule has 1 aromatic heterocycles. The smallest absolute Gasteiger partial charge is 0.490 e. The van der Waals surface area contributed by atoms with Crippen LogP contribution in [0.5, 0.6) is 5.75 Å². The van der Waals surface area contributed by atoms with Crippen LogP contribution >= 0.6 is 0 Å². The van der Waals surface area contributed by atoms with Crippen LogP contribution in [0.15, 0.2) is 47.8 Å². The second-order valence-corrected chi connectivity index (χ2v) is 5.01. The molecule has 0 aliphatic heterocycles. The highest BCUT2D eigenvalue weighted by Gasteiger charge is 2.14. The molecule has 0 atom stereocenters. The first-order valence-electron chi connectivity index (χ1n) is 7.11. The SMILES string of the molecule is O=C(Cn1cnc([N+](=O)[O-])n1)N/N=C\c1c(O)ccc2ccccc12. The molecule has 126 valence electrons. The number of phenolic OH excluding ortho intramolecular Hbond substituents is 1. The van der Waals surface area contributed by atoms with Crippen LogP contribution < -0.4 is 5.43 Å². The van der Waals surface area contributed by atoms with Gasteiger partial charge in [-0.15, -0.1) is 0 Å². The fourth-order valence-corrected chi connectivity index (χ4v) is 2.22. The van der Waals surface area contributed by atoms with Crippen molar-refractivity contribution in [2.45, 2.75) is 6.54 Å². The van der Waals surface area contributed by atoms with Crippen LogP contribution in [-0.4, -0.2) is 36.9 Å². The lowest BCUT2D eigenvalue weighted by Gasteiger charge is -2.04. The lowest BCUT2D eigenvalue weighted by Crippen LogP contribution is -2.23. The Morgan fingerprint density at radius 2 is 2.16 bits per heavy atom. The Morgan fingerprint density at radius 3 is 2.92 bits per heavy atom. The number of nitrogens with zero attached hydrogens (tertiary/aromatic N) is 5. The summed E-state index contributed by atoms with van der Waals surface area (Å²) in [5, 5.41) is 29.5. The average molecular weight is 340 g/mol. The van der Waals surface area contributed by atoms with E-state index >= 15 is 0 Å². The van der Waals surface area contributed by atoms with E-state index in [1.165, 1.54) is 6.21 Å². The maximum atomic E-state index is 11.8. The molecule has 0 saturated heterocycles. The molecule has 1 heterocycles. The Balaban J connectivity index is 1.69. The number of nitrogens with one attached hydrogen (secondary N) is 1. The van der Waals surface area contributed by atoms with Crippen LogP contribution in [0, 0.1) is 10.1 Å². The molecule has 0 radical (unpaired) electrons. The van der Waals surface area contributed by atoms with Crippen molar-refractivity contribution in [1.82, 2.24) is 20.2 Å². The fourth-order valence-electron chi connectivity index (χ4n) is 2.22. The van der Waals surface area contributed by atoms with Crippen LogP contribution in [0.1, 0.15) is 5.56 Å². The Labute approximate surface area is 140 Å². The van der Waals surface area contributed by atoms with Gasteiger partial charge in [0.25, 0.3) is 5.91 Å². The van der Waals surface area contributed by atoms with E-state index in [2.05, 4.69) is 20.6 Å². The Hall–Kier alpha value is -3.82. The molecular formula is C15H12N6O4. The minimum absolute atomic E-state index is 0.0311. The summed E-state index contributed by atoms with van der Waals surface area (Å²) in [6.45, 7) is -0.278. The highest BCUT2D eigenvalue weighted by molar-refractivity contribution is 6.02. The van der Waals surface area contributed by atoms with Crippen molar-refractivity contribution in [1.29, 1.82) is 0 Å². The Kier molecular flexibility index (Phi) is 4.33. The number of benzene rings is 2. The third-order valence-electron chi connectivity index (χ3n) is 3.32. The first kappa shape index (κ1) is 16.1. The number of rotatable bonds is 5. The molecule has 0 saturated carbocycles. The number of nitro groups is 1. The third-order valence-corrected chi connectivity index (χ3v) is 3.32. The summed E-state index contributed by atoms with van der Waals surface area (Å²) in [6.07, 6.45) is 2.41. The molecule has 2 aromatic carbocycles. The number of carbonyl (C=O) groups excluding carboxylic acids is 1. The van der Waals surface area contributed by atoms with E-state index in [4.69, 9.17) is 0 Å². The molecule has 3 aromatic rings. The van der Waals surface area contributed by atoms with Gasteiger partial charge in [-0.25, -0.2) is 5.43 Å². The van der Waals surface area contributed by atoms with Crippen molar-refractivity contribution in [2.24, 2.45) is 5.10 Å². The fraction of sp³-hybridized carbons (Fsp3) is 0.0667. The van der Waals surface area contributed by atoms with Crippen LogP contribution in [-0.2, 0) is 11.3 Å².